The fraction of sp³-hybridized carbons (Fsp3) is 0. The maximum Gasteiger partial charge on any atom is 0.165 e. The molecule has 0 saturated heterocycles. The molecule has 0 atom stereocenters. The van der Waals surface area contributed by atoms with Crippen LogP contribution in [0.2, 0.25) is 0 Å². The molecule has 0 aliphatic heterocycles. The van der Waals surface area contributed by atoms with E-state index < -0.39 is 18.1 Å². The highest BCUT2D eigenvalue weighted by atomic mass is 32.1. The quantitative estimate of drug-likeness (QED) is 0.176. The Bertz CT molecular complexity index is 3800. The molecule has 8 aromatic carbocycles. The summed E-state index contributed by atoms with van der Waals surface area (Å²) in [5.41, 5.74) is 7.97. The van der Waals surface area contributed by atoms with Crippen LogP contribution in [-0.4, -0.2) is 19.5 Å². The average Bonchev–Trinajstić information content (AvgIpc) is 4.00. The standard InChI is InChI=1S/C51H30N4OS/c1-4-15-31(16-5-1)35-23-14-24-38-40-29-34(55-42-25-12-10-22-39(42)45-43(55)28-27-37-36-21-11-13-26-44(36)56-46(37)45)30-41(48(40)57-47(35)38)51-53-49(32-17-6-2-7-18-32)52-50(54-51)33-19-8-3-9-20-33/h1-30H/i2D,6D,7D,17D,18D. The van der Waals surface area contributed by atoms with E-state index in [4.69, 9.17) is 26.2 Å². The first-order valence-corrected chi connectivity index (χ1v) is 19.4. The van der Waals surface area contributed by atoms with Crippen LogP contribution in [0, 0.1) is 0 Å². The van der Waals surface area contributed by atoms with Gasteiger partial charge in [-0.05, 0) is 47.5 Å². The molecule has 4 aromatic heterocycles. The van der Waals surface area contributed by atoms with Crippen molar-refractivity contribution < 1.29 is 11.3 Å². The van der Waals surface area contributed by atoms with Crippen LogP contribution < -0.4 is 0 Å². The molecule has 0 spiro atoms. The van der Waals surface area contributed by atoms with Crippen LogP contribution in [0.15, 0.2) is 186 Å². The molecule has 0 fully saturated rings. The number of hydrogen-bond donors (Lipinski definition) is 0. The van der Waals surface area contributed by atoms with Crippen LogP contribution in [0.1, 0.15) is 6.85 Å². The third kappa shape index (κ3) is 4.98. The number of fused-ring (bicyclic) bond motifs is 10. The summed E-state index contributed by atoms with van der Waals surface area (Å²) in [5, 5.41) is 6.22. The molecule has 266 valence electrons. The van der Waals surface area contributed by atoms with E-state index in [1.165, 1.54) is 0 Å². The Morgan fingerprint density at radius 2 is 1.14 bits per heavy atom. The summed E-state index contributed by atoms with van der Waals surface area (Å²) in [7, 11) is 0. The van der Waals surface area contributed by atoms with Gasteiger partial charge in [-0.15, -0.1) is 11.3 Å². The van der Waals surface area contributed by atoms with Gasteiger partial charge < -0.3 is 8.98 Å². The van der Waals surface area contributed by atoms with Crippen molar-refractivity contribution in [2.75, 3.05) is 0 Å². The van der Waals surface area contributed by atoms with Crippen molar-refractivity contribution in [3.05, 3.63) is 182 Å². The van der Waals surface area contributed by atoms with E-state index in [0.29, 0.717) is 22.8 Å². The number of rotatable bonds is 5. The van der Waals surface area contributed by atoms with E-state index >= 15 is 0 Å². The molecule has 12 aromatic rings. The first-order valence-electron chi connectivity index (χ1n) is 21.1. The van der Waals surface area contributed by atoms with Gasteiger partial charge >= 0.3 is 0 Å². The van der Waals surface area contributed by atoms with E-state index in [9.17, 15) is 0 Å². The summed E-state index contributed by atoms with van der Waals surface area (Å²) in [6.07, 6.45) is 0. The van der Waals surface area contributed by atoms with Gasteiger partial charge in [-0.2, -0.15) is 0 Å². The minimum absolute atomic E-state index is 0.0142. The molecule has 5 nitrogen and oxygen atoms in total. The molecule has 6 heteroatoms. The van der Waals surface area contributed by atoms with Gasteiger partial charge in [0.2, 0.25) is 0 Å². The van der Waals surface area contributed by atoms with Gasteiger partial charge in [-0.1, -0.05) is 145 Å². The molecule has 0 unspecified atom stereocenters. The van der Waals surface area contributed by atoms with E-state index in [1.807, 2.05) is 72.8 Å². The SMILES string of the molecule is [2H]c1c([2H])c([2H])c(-c2nc(-c3ccccc3)nc(-c3cc(-n4c5ccccc5c5c6oc7ccccc7c6ccc54)cc4c3sc3c(-c5ccccc5)cccc34)n2)c([2H])c1[2H]. The summed E-state index contributed by atoms with van der Waals surface area (Å²) >= 11 is 1.65. The lowest BCUT2D eigenvalue weighted by molar-refractivity contribution is 0.673. The molecule has 0 radical (unpaired) electrons. The molecular formula is C51H30N4OS. The number of nitrogens with zero attached hydrogens (tertiary/aromatic N) is 4. The van der Waals surface area contributed by atoms with Crippen LogP contribution in [0.3, 0.4) is 0 Å². The highest BCUT2D eigenvalue weighted by molar-refractivity contribution is 7.26. The molecule has 12 rings (SSSR count). The maximum atomic E-state index is 8.93. The van der Waals surface area contributed by atoms with Crippen molar-refractivity contribution in [1.29, 1.82) is 0 Å². The van der Waals surface area contributed by atoms with Gasteiger partial charge in [-0.3, -0.25) is 0 Å². The Labute approximate surface area is 337 Å². The second kappa shape index (κ2) is 12.6. The molecule has 4 heterocycles. The number of aromatic nitrogens is 4. The van der Waals surface area contributed by atoms with Crippen molar-refractivity contribution >= 4 is 75.3 Å². The monoisotopic (exact) mass is 751 g/mol. The first kappa shape index (κ1) is 27.2. The van der Waals surface area contributed by atoms with Crippen LogP contribution in [0.5, 0.6) is 0 Å². The lowest BCUT2D eigenvalue weighted by atomic mass is 10.0. The van der Waals surface area contributed by atoms with E-state index in [-0.39, 0.29) is 23.5 Å². The van der Waals surface area contributed by atoms with E-state index in [2.05, 4.69) is 83.4 Å². The van der Waals surface area contributed by atoms with Crippen LogP contribution in [0.25, 0.3) is 115 Å². The number of benzene rings is 8. The smallest absolute Gasteiger partial charge is 0.165 e. The van der Waals surface area contributed by atoms with Crippen LogP contribution >= 0.6 is 11.3 Å². The second-order valence-corrected chi connectivity index (χ2v) is 15.0. The molecule has 0 N–H and O–H groups in total. The Morgan fingerprint density at radius 3 is 1.96 bits per heavy atom. The number of thiophene rings is 1. The summed E-state index contributed by atoms with van der Waals surface area (Å²) in [4.78, 5) is 15.0. The van der Waals surface area contributed by atoms with Crippen molar-refractivity contribution in [2.45, 2.75) is 0 Å². The highest BCUT2D eigenvalue weighted by Gasteiger charge is 2.23. The lowest BCUT2D eigenvalue weighted by Crippen LogP contribution is -2.01. The van der Waals surface area contributed by atoms with Gasteiger partial charge in [0.25, 0.3) is 0 Å². The fourth-order valence-electron chi connectivity index (χ4n) is 8.22. The number of furan rings is 1. The zero-order valence-electron chi connectivity index (χ0n) is 35.0. The second-order valence-electron chi connectivity index (χ2n) is 14.0. The van der Waals surface area contributed by atoms with Crippen molar-refractivity contribution in [3.63, 3.8) is 0 Å². The summed E-state index contributed by atoms with van der Waals surface area (Å²) < 4.78 is 54.1. The molecule has 0 saturated carbocycles. The van der Waals surface area contributed by atoms with Gasteiger partial charge in [0.1, 0.15) is 11.2 Å². The van der Waals surface area contributed by atoms with Crippen molar-refractivity contribution in [2.24, 2.45) is 0 Å². The van der Waals surface area contributed by atoms with E-state index in [1.54, 1.807) is 11.3 Å². The normalized spacial score (nSPS) is 13.1. The lowest BCUT2D eigenvalue weighted by Gasteiger charge is -2.13. The minimum Gasteiger partial charge on any atom is -0.455 e. The zero-order valence-corrected chi connectivity index (χ0v) is 30.9. The average molecular weight is 752 g/mol. The number of para-hydroxylation sites is 2. The Balaban J connectivity index is 1.22. The Kier molecular flexibility index (Phi) is 6.00. The molecule has 0 aliphatic carbocycles. The minimum atomic E-state index is -0.485. The fourth-order valence-corrected chi connectivity index (χ4v) is 9.55. The van der Waals surface area contributed by atoms with Crippen molar-refractivity contribution in [1.82, 2.24) is 19.5 Å². The topological polar surface area (TPSA) is 56.7 Å². The molecule has 0 aliphatic rings. The third-order valence-electron chi connectivity index (χ3n) is 10.7. The van der Waals surface area contributed by atoms with E-state index in [0.717, 1.165) is 80.7 Å². The Hall–Kier alpha value is -7.41. The number of hydrogen-bond acceptors (Lipinski definition) is 5. The van der Waals surface area contributed by atoms with Gasteiger partial charge in [0, 0.05) is 58.7 Å². The van der Waals surface area contributed by atoms with Crippen LogP contribution in [-0.2, 0) is 0 Å². The molecule has 0 amide bonds. The zero-order chi connectivity index (χ0) is 41.8. The largest absolute Gasteiger partial charge is 0.455 e. The molecule has 57 heavy (non-hydrogen) atoms. The third-order valence-corrected chi connectivity index (χ3v) is 12.0. The van der Waals surface area contributed by atoms with Gasteiger partial charge in [0.05, 0.1) is 23.3 Å². The summed E-state index contributed by atoms with van der Waals surface area (Å²) in [5.74, 6) is 0.603. The first-order chi connectivity index (χ1) is 30.3. The predicted octanol–water partition coefficient (Wildman–Crippen LogP) is 13.9. The Morgan fingerprint density at radius 1 is 0.474 bits per heavy atom. The summed E-state index contributed by atoms with van der Waals surface area (Å²) in [6.45, 7) is 0. The maximum absolute atomic E-state index is 8.93. The van der Waals surface area contributed by atoms with Gasteiger partial charge in [-0.25, -0.2) is 15.0 Å². The van der Waals surface area contributed by atoms with Crippen LogP contribution in [0.4, 0.5) is 0 Å². The highest BCUT2D eigenvalue weighted by Crippen LogP contribution is 2.47. The van der Waals surface area contributed by atoms with Gasteiger partial charge in [0.15, 0.2) is 17.5 Å². The predicted molar refractivity (Wildman–Crippen MR) is 236 cm³/mol. The molecule has 0 bridgehead atoms. The van der Waals surface area contributed by atoms with Crippen molar-refractivity contribution in [3.8, 4) is 51.0 Å². The molecular weight excluding hydrogens is 717 g/mol. The summed E-state index contributed by atoms with van der Waals surface area (Å²) in [6, 6.07) is 49.1.